The monoisotopic (exact) mass is 410 g/mol. The Labute approximate surface area is 173 Å². The van der Waals surface area contributed by atoms with E-state index in [4.69, 9.17) is 11.6 Å². The summed E-state index contributed by atoms with van der Waals surface area (Å²) in [7, 11) is 0. The molecule has 1 unspecified atom stereocenters. The second-order valence-electron chi connectivity index (χ2n) is 8.30. The lowest BCUT2D eigenvalue weighted by atomic mass is 10.0. The predicted octanol–water partition coefficient (Wildman–Crippen LogP) is 3.02. The average Bonchev–Trinajstić information content (AvgIpc) is 3.59. The van der Waals surface area contributed by atoms with Crippen molar-refractivity contribution >= 4 is 28.8 Å². The van der Waals surface area contributed by atoms with Gasteiger partial charge in [0.15, 0.2) is 10.8 Å². The molecular formula is C21H23ClN6O. The minimum atomic E-state index is -0.00970. The standard InChI is InChI=1S/C21H23ClN6O/c1-12-7-13(3-6-15(12)20(29)26-14-4-5-14)17-9-23-19-16(8-18(22)27-28(17)19)24-10-21(2)11-25-21/h3,6-9,14,24-25H,4-5,10-11H2,1-2H3,(H,26,29). The van der Waals surface area contributed by atoms with Crippen molar-refractivity contribution < 1.29 is 4.79 Å². The van der Waals surface area contributed by atoms with Gasteiger partial charge in [0.2, 0.25) is 0 Å². The molecule has 3 heterocycles. The molecule has 2 aliphatic rings. The van der Waals surface area contributed by atoms with E-state index in [1.54, 1.807) is 16.8 Å². The molecule has 1 atom stereocenters. The number of nitrogens with one attached hydrogen (secondary N) is 3. The SMILES string of the molecule is Cc1cc(-c2cnc3c(NCC4(C)CN4)cc(Cl)nn23)ccc1C(=O)NC1CC1. The summed E-state index contributed by atoms with van der Waals surface area (Å²) in [6.45, 7) is 5.90. The van der Waals surface area contributed by atoms with Crippen molar-refractivity contribution in [1.29, 1.82) is 0 Å². The zero-order chi connectivity index (χ0) is 20.2. The normalized spacial score (nSPS) is 20.7. The van der Waals surface area contributed by atoms with E-state index in [9.17, 15) is 4.79 Å². The summed E-state index contributed by atoms with van der Waals surface area (Å²) in [5.41, 5.74) is 5.09. The second-order valence-corrected chi connectivity index (χ2v) is 8.69. The number of amides is 1. The van der Waals surface area contributed by atoms with E-state index in [1.165, 1.54) is 0 Å². The van der Waals surface area contributed by atoms with Gasteiger partial charge in [-0.3, -0.25) is 4.79 Å². The van der Waals surface area contributed by atoms with Gasteiger partial charge in [-0.1, -0.05) is 17.7 Å². The van der Waals surface area contributed by atoms with Gasteiger partial charge in [0, 0.05) is 41.9 Å². The fourth-order valence-corrected chi connectivity index (χ4v) is 3.59. The summed E-state index contributed by atoms with van der Waals surface area (Å²) < 4.78 is 1.76. The third-order valence-corrected chi connectivity index (χ3v) is 5.75. The van der Waals surface area contributed by atoms with Gasteiger partial charge in [0.1, 0.15) is 0 Å². The zero-order valence-corrected chi connectivity index (χ0v) is 17.2. The number of rotatable bonds is 6. The van der Waals surface area contributed by atoms with E-state index in [1.807, 2.05) is 25.1 Å². The lowest BCUT2D eigenvalue weighted by molar-refractivity contribution is 0.0950. The molecular weight excluding hydrogens is 388 g/mol. The average molecular weight is 411 g/mol. The second kappa shape index (κ2) is 6.71. The number of carbonyl (C=O) groups excluding carboxylic acids is 1. The van der Waals surface area contributed by atoms with Gasteiger partial charge < -0.3 is 16.0 Å². The van der Waals surface area contributed by atoms with Crippen molar-refractivity contribution in [2.45, 2.75) is 38.3 Å². The van der Waals surface area contributed by atoms with E-state index < -0.39 is 0 Å². The Balaban J connectivity index is 1.47. The third-order valence-electron chi connectivity index (χ3n) is 5.57. The van der Waals surface area contributed by atoms with Crippen molar-refractivity contribution in [2.24, 2.45) is 0 Å². The smallest absolute Gasteiger partial charge is 0.251 e. The number of imidazole rings is 1. The number of nitrogens with zero attached hydrogens (tertiary/aromatic N) is 3. The summed E-state index contributed by atoms with van der Waals surface area (Å²) in [6.07, 6.45) is 3.94. The molecule has 0 radical (unpaired) electrons. The number of aryl methyl sites for hydroxylation is 1. The molecule has 0 bridgehead atoms. The number of halogens is 1. The van der Waals surface area contributed by atoms with Crippen LogP contribution in [0.15, 0.2) is 30.5 Å². The highest BCUT2D eigenvalue weighted by molar-refractivity contribution is 6.29. The van der Waals surface area contributed by atoms with Gasteiger partial charge in [-0.25, -0.2) is 9.50 Å². The lowest BCUT2D eigenvalue weighted by Crippen LogP contribution is -2.26. The molecule has 3 aromatic rings. The van der Waals surface area contributed by atoms with Crippen LogP contribution >= 0.6 is 11.6 Å². The third kappa shape index (κ3) is 3.68. The highest BCUT2D eigenvalue weighted by atomic mass is 35.5. The molecule has 5 rings (SSSR count). The Kier molecular flexibility index (Phi) is 4.26. The molecule has 1 saturated heterocycles. The zero-order valence-electron chi connectivity index (χ0n) is 16.4. The molecule has 8 heteroatoms. The first kappa shape index (κ1) is 18.4. The van der Waals surface area contributed by atoms with Gasteiger partial charge in [-0.2, -0.15) is 5.10 Å². The van der Waals surface area contributed by atoms with Crippen molar-refractivity contribution in [3.8, 4) is 11.3 Å². The van der Waals surface area contributed by atoms with Gasteiger partial charge >= 0.3 is 0 Å². The van der Waals surface area contributed by atoms with Crippen LogP contribution < -0.4 is 16.0 Å². The topological polar surface area (TPSA) is 93.3 Å². The summed E-state index contributed by atoms with van der Waals surface area (Å²) >= 11 is 6.29. The lowest BCUT2D eigenvalue weighted by Gasteiger charge is -2.12. The number of aromatic nitrogens is 3. The quantitative estimate of drug-likeness (QED) is 0.543. The van der Waals surface area contributed by atoms with Crippen LogP contribution in [0.5, 0.6) is 0 Å². The largest absolute Gasteiger partial charge is 0.380 e. The van der Waals surface area contributed by atoms with Gasteiger partial charge in [0.05, 0.1) is 17.6 Å². The number of anilines is 1. The molecule has 150 valence electrons. The van der Waals surface area contributed by atoms with Crippen LogP contribution in [-0.4, -0.2) is 45.2 Å². The van der Waals surface area contributed by atoms with E-state index in [-0.39, 0.29) is 11.4 Å². The number of hydrogen-bond donors (Lipinski definition) is 3. The number of hydrogen-bond acceptors (Lipinski definition) is 5. The van der Waals surface area contributed by atoms with E-state index in [2.05, 4.69) is 33.0 Å². The fraction of sp³-hybridized carbons (Fsp3) is 0.381. The van der Waals surface area contributed by atoms with Crippen LogP contribution in [0.25, 0.3) is 16.9 Å². The number of benzene rings is 1. The van der Waals surface area contributed by atoms with Crippen molar-refractivity contribution in [3.05, 3.63) is 46.7 Å². The van der Waals surface area contributed by atoms with Crippen molar-refractivity contribution in [3.63, 3.8) is 0 Å². The molecule has 2 fully saturated rings. The predicted molar refractivity (Wildman–Crippen MR) is 114 cm³/mol. The summed E-state index contributed by atoms with van der Waals surface area (Å²) in [5.74, 6) is -0.00970. The molecule has 0 spiro atoms. The van der Waals surface area contributed by atoms with E-state index in [0.717, 1.165) is 54.1 Å². The first-order valence-corrected chi connectivity index (χ1v) is 10.2. The van der Waals surface area contributed by atoms with Gasteiger partial charge in [0.25, 0.3) is 5.91 Å². The molecule has 7 nitrogen and oxygen atoms in total. The van der Waals surface area contributed by atoms with Crippen LogP contribution in [-0.2, 0) is 0 Å². The Hall–Kier alpha value is -2.64. The molecule has 1 aromatic carbocycles. The minimum Gasteiger partial charge on any atom is -0.380 e. The Bertz CT molecular complexity index is 1120. The maximum atomic E-state index is 12.4. The molecule has 3 N–H and O–H groups in total. The first-order valence-electron chi connectivity index (χ1n) is 9.87. The maximum absolute atomic E-state index is 12.4. The minimum absolute atomic E-state index is 0.00970. The highest BCUT2D eigenvalue weighted by Crippen LogP contribution is 2.28. The molecule has 2 aromatic heterocycles. The fourth-order valence-electron chi connectivity index (χ4n) is 3.40. The maximum Gasteiger partial charge on any atom is 0.251 e. The van der Waals surface area contributed by atoms with E-state index in [0.29, 0.717) is 16.8 Å². The van der Waals surface area contributed by atoms with Crippen LogP contribution in [0.4, 0.5) is 5.69 Å². The Morgan fingerprint density at radius 3 is 2.86 bits per heavy atom. The van der Waals surface area contributed by atoms with Crippen LogP contribution in [0, 0.1) is 6.92 Å². The number of carbonyl (C=O) groups is 1. The first-order chi connectivity index (χ1) is 13.9. The van der Waals surface area contributed by atoms with Crippen LogP contribution in [0.1, 0.15) is 35.7 Å². The Morgan fingerprint density at radius 2 is 2.17 bits per heavy atom. The van der Waals surface area contributed by atoms with E-state index >= 15 is 0 Å². The molecule has 29 heavy (non-hydrogen) atoms. The summed E-state index contributed by atoms with van der Waals surface area (Å²) in [4.78, 5) is 17.0. The highest BCUT2D eigenvalue weighted by Gasteiger charge is 2.36. The number of fused-ring (bicyclic) bond motifs is 1. The molecule has 1 amide bonds. The summed E-state index contributed by atoms with van der Waals surface area (Å²) in [6, 6.07) is 7.94. The van der Waals surface area contributed by atoms with Crippen LogP contribution in [0.2, 0.25) is 5.15 Å². The molecule has 1 aliphatic heterocycles. The van der Waals surface area contributed by atoms with Gasteiger partial charge in [-0.15, -0.1) is 0 Å². The van der Waals surface area contributed by atoms with Crippen molar-refractivity contribution in [1.82, 2.24) is 25.2 Å². The Morgan fingerprint density at radius 1 is 1.38 bits per heavy atom. The molecule has 1 aliphatic carbocycles. The summed E-state index contributed by atoms with van der Waals surface area (Å²) in [5, 5.41) is 14.7. The molecule has 1 saturated carbocycles. The van der Waals surface area contributed by atoms with Crippen LogP contribution in [0.3, 0.4) is 0 Å². The van der Waals surface area contributed by atoms with Gasteiger partial charge in [-0.05, 0) is 44.4 Å². The van der Waals surface area contributed by atoms with Crippen molar-refractivity contribution in [2.75, 3.05) is 18.4 Å².